The number of nitrogens with two attached hydrogens (primary N) is 1. The molecule has 0 bridgehead atoms. The largest absolute Gasteiger partial charge is 0.395 e. The summed E-state index contributed by atoms with van der Waals surface area (Å²) in [7, 11) is -4.67. The summed E-state index contributed by atoms with van der Waals surface area (Å²) in [6.07, 6.45) is 0. The summed E-state index contributed by atoms with van der Waals surface area (Å²) in [5.41, 5.74) is 4.60. The molecule has 0 aliphatic rings. The molecule has 92 valence electrons. The van der Waals surface area contributed by atoms with E-state index in [1.54, 1.807) is 0 Å². The number of nitrogen functional groups attached to an aromatic ring is 1. The number of hydrogen-bond donors (Lipinski definition) is 3. The number of anilines is 1. The molecule has 0 unspecified atom stereocenters. The van der Waals surface area contributed by atoms with Crippen molar-refractivity contribution >= 4 is 32.0 Å². The fraction of sp³-hybridized carbons (Fsp3) is 0. The first-order valence-electron chi connectivity index (χ1n) is 3.32. The van der Waals surface area contributed by atoms with Gasteiger partial charge in [-0.1, -0.05) is 0 Å². The van der Waals surface area contributed by atoms with E-state index in [1.807, 2.05) is 0 Å². The molecule has 1 aromatic carbocycles. The second-order valence-electron chi connectivity index (χ2n) is 2.33. The zero-order chi connectivity index (χ0) is 13.1. The summed E-state index contributed by atoms with van der Waals surface area (Å²) in [5, 5.41) is 0. The monoisotopic (exact) mass is 323 g/mol. The highest BCUT2D eigenvalue weighted by Crippen LogP contribution is 2.26. The highest BCUT2D eigenvalue weighted by Gasteiger charge is 2.14. The van der Waals surface area contributed by atoms with E-state index in [1.165, 1.54) is 0 Å². The molecule has 0 saturated heterocycles. The van der Waals surface area contributed by atoms with Gasteiger partial charge in [0, 0.05) is 4.47 Å². The standard InChI is InChI=1S/C6H3BrF3N.H2O4S/c7-2-1-3(8)4(9)5(10)6(2)11;1-5(2,3)4/h1H,11H2;(H2,1,2,3,4). The van der Waals surface area contributed by atoms with Gasteiger partial charge in [-0.2, -0.15) is 8.42 Å². The van der Waals surface area contributed by atoms with Crippen LogP contribution in [0.2, 0.25) is 0 Å². The van der Waals surface area contributed by atoms with E-state index < -0.39 is 33.5 Å². The molecule has 10 heteroatoms. The molecule has 1 rings (SSSR count). The quantitative estimate of drug-likeness (QED) is 0.292. The second kappa shape index (κ2) is 5.48. The van der Waals surface area contributed by atoms with E-state index >= 15 is 0 Å². The number of hydrogen-bond acceptors (Lipinski definition) is 3. The maximum absolute atomic E-state index is 12.5. The Balaban J connectivity index is 0.000000385. The molecule has 0 radical (unpaired) electrons. The molecule has 5 nitrogen and oxygen atoms in total. The zero-order valence-corrected chi connectivity index (χ0v) is 9.69. The van der Waals surface area contributed by atoms with Gasteiger partial charge in [-0.05, 0) is 22.0 Å². The van der Waals surface area contributed by atoms with Gasteiger partial charge >= 0.3 is 10.4 Å². The minimum Gasteiger partial charge on any atom is -0.395 e. The minimum atomic E-state index is -4.67. The van der Waals surface area contributed by atoms with Crippen molar-refractivity contribution < 1.29 is 30.7 Å². The molecule has 0 aromatic heterocycles. The van der Waals surface area contributed by atoms with Crippen LogP contribution in [0.4, 0.5) is 18.9 Å². The fourth-order valence-corrected chi connectivity index (χ4v) is 0.955. The summed E-state index contributed by atoms with van der Waals surface area (Å²) >= 11 is 2.76. The van der Waals surface area contributed by atoms with Crippen molar-refractivity contribution in [2.24, 2.45) is 0 Å². The lowest BCUT2D eigenvalue weighted by Gasteiger charge is -2.00. The van der Waals surface area contributed by atoms with Crippen molar-refractivity contribution in [2.75, 3.05) is 5.73 Å². The van der Waals surface area contributed by atoms with Crippen molar-refractivity contribution in [3.63, 3.8) is 0 Å². The predicted octanol–water partition coefficient (Wildman–Crippen LogP) is 1.80. The highest BCUT2D eigenvalue weighted by atomic mass is 79.9. The first-order chi connectivity index (χ1) is 7.04. The normalized spacial score (nSPS) is 10.6. The van der Waals surface area contributed by atoms with Crippen LogP contribution in [0.1, 0.15) is 0 Å². The van der Waals surface area contributed by atoms with Crippen LogP contribution >= 0.6 is 15.9 Å². The van der Waals surface area contributed by atoms with Gasteiger partial charge in [0.15, 0.2) is 17.5 Å². The van der Waals surface area contributed by atoms with Gasteiger partial charge in [-0.25, -0.2) is 13.2 Å². The molecular weight excluding hydrogens is 319 g/mol. The molecule has 16 heavy (non-hydrogen) atoms. The Morgan fingerprint density at radius 3 is 1.94 bits per heavy atom. The smallest absolute Gasteiger partial charge is 0.394 e. The van der Waals surface area contributed by atoms with Gasteiger partial charge in [-0.3, -0.25) is 9.11 Å². The second-order valence-corrected chi connectivity index (χ2v) is 4.08. The van der Waals surface area contributed by atoms with E-state index in [0.717, 1.165) is 6.07 Å². The summed E-state index contributed by atoms with van der Waals surface area (Å²) in [6, 6.07) is 0.772. The summed E-state index contributed by atoms with van der Waals surface area (Å²) in [4.78, 5) is 0. The Morgan fingerprint density at radius 1 is 1.19 bits per heavy atom. The van der Waals surface area contributed by atoms with Crippen LogP contribution in [-0.2, 0) is 10.4 Å². The average Bonchev–Trinajstić information content (AvgIpc) is 2.09. The molecule has 0 saturated carbocycles. The van der Waals surface area contributed by atoms with Crippen LogP contribution in [0.5, 0.6) is 0 Å². The van der Waals surface area contributed by atoms with Crippen LogP contribution in [0, 0.1) is 17.5 Å². The lowest BCUT2D eigenvalue weighted by Crippen LogP contribution is -1.98. The minimum absolute atomic E-state index is 0.00824. The summed E-state index contributed by atoms with van der Waals surface area (Å²) < 4.78 is 68.7. The SMILES string of the molecule is Nc1c(Br)cc(F)c(F)c1F.O=S(=O)(O)O. The van der Waals surface area contributed by atoms with Crippen molar-refractivity contribution in [3.05, 3.63) is 28.0 Å². The van der Waals surface area contributed by atoms with Crippen molar-refractivity contribution in [2.45, 2.75) is 0 Å². The van der Waals surface area contributed by atoms with E-state index in [4.69, 9.17) is 23.3 Å². The lowest BCUT2D eigenvalue weighted by molar-refractivity contribution is 0.381. The van der Waals surface area contributed by atoms with Crippen LogP contribution in [-0.4, -0.2) is 17.5 Å². The van der Waals surface area contributed by atoms with Crippen molar-refractivity contribution in [1.29, 1.82) is 0 Å². The van der Waals surface area contributed by atoms with Crippen LogP contribution in [0.25, 0.3) is 0 Å². The molecule has 4 N–H and O–H groups in total. The lowest BCUT2D eigenvalue weighted by atomic mass is 10.3. The summed E-state index contributed by atoms with van der Waals surface area (Å²) in [5.74, 6) is -4.17. The Bertz CT molecular complexity index is 459. The molecule has 0 aliphatic carbocycles. The molecule has 1 aromatic rings. The zero-order valence-electron chi connectivity index (χ0n) is 7.29. The fourth-order valence-electron chi connectivity index (χ4n) is 0.580. The van der Waals surface area contributed by atoms with E-state index in [-0.39, 0.29) is 4.47 Å². The van der Waals surface area contributed by atoms with Gasteiger partial charge in [0.25, 0.3) is 0 Å². The molecular formula is C6H5BrF3NO4S. The predicted molar refractivity (Wildman–Crippen MR) is 52.6 cm³/mol. The Morgan fingerprint density at radius 2 is 1.56 bits per heavy atom. The molecule has 0 atom stereocenters. The first kappa shape index (κ1) is 15.2. The van der Waals surface area contributed by atoms with Gasteiger partial charge in [0.05, 0.1) is 5.69 Å². The third-order valence-electron chi connectivity index (χ3n) is 1.15. The third kappa shape index (κ3) is 5.30. The molecule has 0 amide bonds. The average molecular weight is 324 g/mol. The number of halogens is 4. The van der Waals surface area contributed by atoms with Gasteiger partial charge in [-0.15, -0.1) is 0 Å². The topological polar surface area (TPSA) is 101 Å². The van der Waals surface area contributed by atoms with Crippen molar-refractivity contribution in [1.82, 2.24) is 0 Å². The van der Waals surface area contributed by atoms with E-state index in [9.17, 15) is 13.2 Å². The highest BCUT2D eigenvalue weighted by molar-refractivity contribution is 9.10. The number of benzene rings is 1. The molecule has 0 spiro atoms. The first-order valence-corrected chi connectivity index (χ1v) is 5.51. The molecule has 0 fully saturated rings. The maximum Gasteiger partial charge on any atom is 0.394 e. The molecule has 0 aliphatic heterocycles. The third-order valence-corrected chi connectivity index (χ3v) is 1.81. The molecule has 0 heterocycles. The maximum atomic E-state index is 12.5. The summed E-state index contributed by atoms with van der Waals surface area (Å²) in [6.45, 7) is 0. The van der Waals surface area contributed by atoms with E-state index in [0.29, 0.717) is 0 Å². The van der Waals surface area contributed by atoms with Gasteiger partial charge in [0.1, 0.15) is 0 Å². The Labute approximate surface area is 96.8 Å². The van der Waals surface area contributed by atoms with Crippen molar-refractivity contribution in [3.8, 4) is 0 Å². The Hall–Kier alpha value is -0.840. The van der Waals surface area contributed by atoms with Crippen LogP contribution in [0.3, 0.4) is 0 Å². The van der Waals surface area contributed by atoms with Gasteiger partial charge in [0.2, 0.25) is 0 Å². The van der Waals surface area contributed by atoms with Crippen LogP contribution in [0.15, 0.2) is 10.5 Å². The number of rotatable bonds is 0. The van der Waals surface area contributed by atoms with E-state index in [2.05, 4.69) is 15.9 Å². The Kier molecular flexibility index (Phi) is 5.19. The van der Waals surface area contributed by atoms with Gasteiger partial charge < -0.3 is 5.73 Å². The van der Waals surface area contributed by atoms with Crippen LogP contribution < -0.4 is 5.73 Å².